The number of rotatable bonds is 3. The first kappa shape index (κ1) is 19.9. The molecule has 1 aromatic rings. The van der Waals surface area contributed by atoms with Gasteiger partial charge in [0.2, 0.25) is 0 Å². The van der Waals surface area contributed by atoms with E-state index in [2.05, 4.69) is 5.32 Å². The van der Waals surface area contributed by atoms with Gasteiger partial charge in [-0.3, -0.25) is 4.79 Å². The van der Waals surface area contributed by atoms with Gasteiger partial charge in [-0.25, -0.2) is 0 Å². The van der Waals surface area contributed by atoms with Gasteiger partial charge in [0.15, 0.2) is 6.10 Å². The number of nitrogens with one attached hydrogen (secondary N) is 1. The minimum Gasteiger partial charge on any atom is -0.376 e. The molecule has 1 amide bonds. The quantitative estimate of drug-likeness (QED) is 0.863. The number of morpholine rings is 1. The van der Waals surface area contributed by atoms with Crippen molar-refractivity contribution in [1.29, 1.82) is 0 Å². The third-order valence-electron chi connectivity index (χ3n) is 4.44. The predicted molar refractivity (Wildman–Crippen MR) is 92.9 cm³/mol. The predicted octanol–water partition coefficient (Wildman–Crippen LogP) is 2.67. The number of carbonyl (C=O) groups excluding carboxylic acids is 1. The molecule has 0 radical (unpaired) electrons. The van der Waals surface area contributed by atoms with Crippen LogP contribution >= 0.6 is 0 Å². The van der Waals surface area contributed by atoms with Crippen LogP contribution in [0.1, 0.15) is 19.4 Å². The number of hydrogen-bond acceptors (Lipinski definition) is 5. The molecule has 0 saturated carbocycles. The molecule has 2 aliphatic heterocycles. The van der Waals surface area contributed by atoms with Gasteiger partial charge in [-0.1, -0.05) is 0 Å². The lowest BCUT2D eigenvalue weighted by Crippen LogP contribution is -2.46. The highest BCUT2D eigenvalue weighted by Crippen LogP contribution is 2.39. The Morgan fingerprint density at radius 1 is 1.19 bits per heavy atom. The first-order chi connectivity index (χ1) is 12.7. The fourth-order valence-corrected chi connectivity index (χ4v) is 3.35. The molecule has 2 saturated heterocycles. The maximum Gasteiger partial charge on any atom is 0.418 e. The van der Waals surface area contributed by atoms with Crippen molar-refractivity contribution in [2.75, 3.05) is 43.1 Å². The average molecular weight is 388 g/mol. The van der Waals surface area contributed by atoms with Crippen molar-refractivity contribution < 1.29 is 32.2 Å². The molecule has 3 atom stereocenters. The van der Waals surface area contributed by atoms with Gasteiger partial charge < -0.3 is 24.4 Å². The lowest BCUT2D eigenvalue weighted by Gasteiger charge is -2.38. The van der Waals surface area contributed by atoms with Gasteiger partial charge in [-0.15, -0.1) is 0 Å². The van der Waals surface area contributed by atoms with Crippen LogP contribution in [-0.4, -0.2) is 57.1 Å². The normalized spacial score (nSPS) is 26.7. The van der Waals surface area contributed by atoms with Gasteiger partial charge in [-0.2, -0.15) is 13.2 Å². The van der Waals surface area contributed by atoms with Crippen LogP contribution < -0.4 is 10.2 Å². The summed E-state index contributed by atoms with van der Waals surface area (Å²) in [5.74, 6) is -0.524. The Balaban J connectivity index is 1.82. The molecule has 9 heteroatoms. The van der Waals surface area contributed by atoms with E-state index in [1.165, 1.54) is 12.1 Å². The minimum atomic E-state index is -4.55. The summed E-state index contributed by atoms with van der Waals surface area (Å²) >= 11 is 0. The molecule has 2 heterocycles. The SMILES string of the molecule is C[C@@H]1CN(c2ccc(NC(=O)[C@@H]3COCCO3)cc2C(F)(F)F)C[C@H](C)O1. The summed E-state index contributed by atoms with van der Waals surface area (Å²) in [6.45, 7) is 5.15. The van der Waals surface area contributed by atoms with Crippen molar-refractivity contribution in [3.05, 3.63) is 23.8 Å². The van der Waals surface area contributed by atoms with E-state index in [9.17, 15) is 18.0 Å². The second-order valence-electron chi connectivity index (χ2n) is 6.82. The number of benzene rings is 1. The number of anilines is 2. The number of halogens is 3. The maximum atomic E-state index is 13.7. The first-order valence-corrected chi connectivity index (χ1v) is 8.86. The van der Waals surface area contributed by atoms with Crippen molar-refractivity contribution >= 4 is 17.3 Å². The van der Waals surface area contributed by atoms with E-state index in [0.717, 1.165) is 6.07 Å². The summed E-state index contributed by atoms with van der Waals surface area (Å²) in [6.07, 6.45) is -5.71. The zero-order chi connectivity index (χ0) is 19.6. The zero-order valence-electron chi connectivity index (χ0n) is 15.2. The third-order valence-corrected chi connectivity index (χ3v) is 4.44. The van der Waals surface area contributed by atoms with Gasteiger partial charge >= 0.3 is 6.18 Å². The highest BCUT2D eigenvalue weighted by molar-refractivity contribution is 5.94. The molecule has 1 N–H and O–H groups in total. The molecule has 0 bridgehead atoms. The number of nitrogens with zero attached hydrogens (tertiary/aromatic N) is 1. The van der Waals surface area contributed by atoms with Crippen LogP contribution in [0, 0.1) is 0 Å². The van der Waals surface area contributed by atoms with Crippen molar-refractivity contribution in [2.45, 2.75) is 38.3 Å². The molecule has 6 nitrogen and oxygen atoms in total. The van der Waals surface area contributed by atoms with E-state index in [1.807, 2.05) is 13.8 Å². The molecule has 2 fully saturated rings. The van der Waals surface area contributed by atoms with Crippen molar-refractivity contribution in [3.63, 3.8) is 0 Å². The fraction of sp³-hybridized carbons (Fsp3) is 0.611. The van der Waals surface area contributed by atoms with Crippen LogP contribution in [0.15, 0.2) is 18.2 Å². The molecular weight excluding hydrogens is 365 g/mol. The molecule has 2 aliphatic rings. The second kappa shape index (κ2) is 8.04. The summed E-state index contributed by atoms with van der Waals surface area (Å²) in [5, 5.41) is 2.48. The van der Waals surface area contributed by atoms with Gasteiger partial charge in [0.25, 0.3) is 5.91 Å². The Hall–Kier alpha value is -1.84. The third kappa shape index (κ3) is 4.91. The number of carbonyl (C=O) groups is 1. The van der Waals surface area contributed by atoms with Gasteiger partial charge in [0.05, 0.1) is 37.6 Å². The van der Waals surface area contributed by atoms with Crippen LogP contribution in [0.4, 0.5) is 24.5 Å². The molecule has 0 aliphatic carbocycles. The molecule has 3 rings (SSSR count). The number of hydrogen-bond donors (Lipinski definition) is 1. The maximum absolute atomic E-state index is 13.7. The van der Waals surface area contributed by atoms with Crippen LogP contribution in [0.5, 0.6) is 0 Å². The molecule has 0 aromatic heterocycles. The molecule has 1 aromatic carbocycles. The number of ether oxygens (including phenoxy) is 3. The van der Waals surface area contributed by atoms with Crippen molar-refractivity contribution in [2.24, 2.45) is 0 Å². The average Bonchev–Trinajstić information content (AvgIpc) is 2.61. The van der Waals surface area contributed by atoms with Gasteiger partial charge in [0.1, 0.15) is 0 Å². The lowest BCUT2D eigenvalue weighted by atomic mass is 10.1. The second-order valence-corrected chi connectivity index (χ2v) is 6.82. The Labute approximate surface area is 155 Å². The molecule has 150 valence electrons. The van der Waals surface area contributed by atoms with E-state index in [1.54, 1.807) is 4.90 Å². The number of alkyl halides is 3. The highest BCUT2D eigenvalue weighted by Gasteiger charge is 2.37. The standard InChI is InChI=1S/C18H23F3N2O4/c1-11-8-23(9-12(2)27-11)15-4-3-13(7-14(15)18(19,20)21)22-17(24)16-10-25-5-6-26-16/h3-4,7,11-12,16H,5-6,8-10H2,1-2H3,(H,22,24)/t11-,12+,16-/m0/s1. The largest absolute Gasteiger partial charge is 0.418 e. The molecule has 0 unspecified atom stereocenters. The van der Waals surface area contributed by atoms with E-state index >= 15 is 0 Å². The van der Waals surface area contributed by atoms with E-state index < -0.39 is 23.8 Å². The smallest absolute Gasteiger partial charge is 0.376 e. The van der Waals surface area contributed by atoms with Crippen molar-refractivity contribution in [3.8, 4) is 0 Å². The van der Waals surface area contributed by atoms with Gasteiger partial charge in [0, 0.05) is 24.5 Å². The molecule has 0 spiro atoms. The van der Waals surface area contributed by atoms with Crippen LogP contribution in [0.25, 0.3) is 0 Å². The van der Waals surface area contributed by atoms with Crippen molar-refractivity contribution in [1.82, 2.24) is 0 Å². The lowest BCUT2D eigenvalue weighted by molar-refractivity contribution is -0.142. The summed E-state index contributed by atoms with van der Waals surface area (Å²) in [5.41, 5.74) is -0.637. The summed E-state index contributed by atoms with van der Waals surface area (Å²) < 4.78 is 57.0. The highest BCUT2D eigenvalue weighted by atomic mass is 19.4. The zero-order valence-corrected chi connectivity index (χ0v) is 15.2. The van der Waals surface area contributed by atoms with Crippen LogP contribution in [0.3, 0.4) is 0 Å². The van der Waals surface area contributed by atoms with Crippen LogP contribution in [0.2, 0.25) is 0 Å². The van der Waals surface area contributed by atoms with E-state index in [4.69, 9.17) is 14.2 Å². The monoisotopic (exact) mass is 388 g/mol. The summed E-state index contributed by atoms with van der Waals surface area (Å²) in [4.78, 5) is 13.8. The summed E-state index contributed by atoms with van der Waals surface area (Å²) in [6, 6.07) is 3.82. The Bertz CT molecular complexity index is 667. The fourth-order valence-electron chi connectivity index (χ4n) is 3.35. The molecular formula is C18H23F3N2O4. The number of amides is 1. The van der Waals surface area contributed by atoms with E-state index in [-0.39, 0.29) is 36.8 Å². The van der Waals surface area contributed by atoms with E-state index in [0.29, 0.717) is 19.7 Å². The summed E-state index contributed by atoms with van der Waals surface area (Å²) in [7, 11) is 0. The first-order valence-electron chi connectivity index (χ1n) is 8.86. The van der Waals surface area contributed by atoms with Crippen LogP contribution in [-0.2, 0) is 25.2 Å². The topological polar surface area (TPSA) is 60.0 Å². The van der Waals surface area contributed by atoms with Gasteiger partial charge in [-0.05, 0) is 32.0 Å². The Kier molecular flexibility index (Phi) is 5.92. The minimum absolute atomic E-state index is 0.0691. The Morgan fingerprint density at radius 2 is 1.89 bits per heavy atom. The Morgan fingerprint density at radius 3 is 2.48 bits per heavy atom. The molecule has 27 heavy (non-hydrogen) atoms.